The third-order valence-corrected chi connectivity index (χ3v) is 21.6. The minimum atomic E-state index is -4.96. The summed E-state index contributed by atoms with van der Waals surface area (Å²) in [4.78, 5) is 73.2. The van der Waals surface area contributed by atoms with E-state index in [-0.39, 0.29) is 25.7 Å². The van der Waals surface area contributed by atoms with Gasteiger partial charge in [-0.05, 0) is 37.5 Å². The summed E-state index contributed by atoms with van der Waals surface area (Å²) in [7, 11) is -9.93. The maximum atomic E-state index is 13.1. The highest BCUT2D eigenvalue weighted by atomic mass is 31.2. The molecule has 0 spiro atoms. The molecule has 19 heteroatoms. The van der Waals surface area contributed by atoms with Crippen LogP contribution in [-0.2, 0) is 65.4 Å². The molecule has 5 atom stereocenters. The summed E-state index contributed by atoms with van der Waals surface area (Å²) in [6.45, 7) is 9.70. The van der Waals surface area contributed by atoms with E-state index in [0.717, 1.165) is 102 Å². The van der Waals surface area contributed by atoms with Gasteiger partial charge in [-0.3, -0.25) is 37.3 Å². The van der Waals surface area contributed by atoms with Crippen molar-refractivity contribution in [2.45, 2.75) is 464 Å². The van der Waals surface area contributed by atoms with E-state index < -0.39 is 97.5 Å². The first-order valence-electron chi connectivity index (χ1n) is 43.5. The normalized spacial score (nSPS) is 13.9. The second kappa shape index (κ2) is 75.5. The van der Waals surface area contributed by atoms with Gasteiger partial charge in [0, 0.05) is 25.7 Å². The highest BCUT2D eigenvalue weighted by molar-refractivity contribution is 7.47. The fraction of sp³-hybridized carbons (Fsp3) is 0.952. The van der Waals surface area contributed by atoms with E-state index in [9.17, 15) is 43.2 Å². The summed E-state index contributed by atoms with van der Waals surface area (Å²) in [5, 5.41) is 10.7. The van der Waals surface area contributed by atoms with E-state index in [2.05, 4.69) is 41.5 Å². The van der Waals surface area contributed by atoms with Crippen LogP contribution in [0.4, 0.5) is 0 Å². The SMILES string of the molecule is CCCCCCCCCCCCCCCCCCCCC(=O)O[C@H](COC(=O)CCCCCCCCCCCCCCCCC(C)C)COP(=O)(O)OC[C@@H](O)COP(=O)(O)OC[C@@H](COC(=O)CCCCCCCCCCCCCCC)OC(=O)CCCCCCCCCCCCCCC(C)C. The van der Waals surface area contributed by atoms with Gasteiger partial charge in [0.15, 0.2) is 12.2 Å². The van der Waals surface area contributed by atoms with Crippen LogP contribution in [0.2, 0.25) is 0 Å². The predicted octanol–water partition coefficient (Wildman–Crippen LogP) is 25.5. The molecule has 0 aliphatic carbocycles. The molecule has 612 valence electrons. The highest BCUT2D eigenvalue weighted by Gasteiger charge is 2.30. The van der Waals surface area contributed by atoms with Gasteiger partial charge in [0.1, 0.15) is 19.3 Å². The van der Waals surface area contributed by atoms with Crippen LogP contribution in [0.15, 0.2) is 0 Å². The number of carbonyl (C=O) groups is 4. The average Bonchev–Trinajstić information content (AvgIpc) is 0.994. The number of hydrogen-bond donors (Lipinski definition) is 3. The summed E-state index contributed by atoms with van der Waals surface area (Å²) < 4.78 is 68.9. The van der Waals surface area contributed by atoms with Gasteiger partial charge in [-0.1, -0.05) is 395 Å². The predicted molar refractivity (Wildman–Crippen MR) is 423 cm³/mol. The van der Waals surface area contributed by atoms with E-state index >= 15 is 0 Å². The van der Waals surface area contributed by atoms with Gasteiger partial charge in [0.05, 0.1) is 26.4 Å². The number of rotatable bonds is 83. The zero-order chi connectivity index (χ0) is 75.6. The van der Waals surface area contributed by atoms with Crippen molar-refractivity contribution >= 4 is 39.5 Å². The molecular formula is C84H164O17P2. The van der Waals surface area contributed by atoms with Crippen molar-refractivity contribution in [1.82, 2.24) is 0 Å². The first kappa shape index (κ1) is 101. The minimum absolute atomic E-state index is 0.108. The van der Waals surface area contributed by atoms with E-state index in [1.807, 2.05) is 0 Å². The Labute approximate surface area is 632 Å². The van der Waals surface area contributed by atoms with Crippen LogP contribution in [0, 0.1) is 11.8 Å². The fourth-order valence-electron chi connectivity index (χ4n) is 13.1. The molecule has 0 saturated carbocycles. The van der Waals surface area contributed by atoms with Crippen molar-refractivity contribution in [1.29, 1.82) is 0 Å². The van der Waals surface area contributed by atoms with Crippen molar-refractivity contribution in [2.75, 3.05) is 39.6 Å². The summed E-state index contributed by atoms with van der Waals surface area (Å²) in [5.41, 5.74) is 0. The first-order chi connectivity index (χ1) is 49.9. The standard InChI is InChI=1S/C84H164O17P2/c1-7-9-11-13-15-17-19-21-22-23-24-25-31-38-44-50-56-62-68-83(88)100-79(73-95-82(87)67-61-55-49-43-37-30-27-26-29-34-40-46-52-58-64-76(3)4)74-98-102(90,91)96-70-78(85)71-97-103(92,93)99-75-80(72-94-81(86)66-60-54-48-42-36-28-20-18-16-14-12-10-8-2)101-84(89)69-63-57-51-45-39-33-32-35-41-47-53-59-65-77(5)6/h76-80,85H,7-75H2,1-6H3,(H,90,91)(H,92,93)/t78-,79-,80-/m1/s1. The Morgan fingerprint density at radius 3 is 0.660 bits per heavy atom. The number of aliphatic hydroxyl groups excluding tert-OH is 1. The minimum Gasteiger partial charge on any atom is -0.462 e. The number of unbranched alkanes of at least 4 members (excludes halogenated alkanes) is 53. The van der Waals surface area contributed by atoms with Crippen LogP contribution in [-0.4, -0.2) is 96.7 Å². The lowest BCUT2D eigenvalue weighted by Gasteiger charge is -2.21. The van der Waals surface area contributed by atoms with Crippen LogP contribution >= 0.6 is 15.6 Å². The van der Waals surface area contributed by atoms with E-state index in [1.165, 1.54) is 263 Å². The average molecular weight is 1510 g/mol. The van der Waals surface area contributed by atoms with Gasteiger partial charge in [-0.15, -0.1) is 0 Å². The molecule has 0 aliphatic heterocycles. The number of hydrogen-bond acceptors (Lipinski definition) is 15. The third-order valence-electron chi connectivity index (χ3n) is 19.7. The van der Waals surface area contributed by atoms with Gasteiger partial charge in [-0.2, -0.15) is 0 Å². The Hall–Kier alpha value is -1.94. The second-order valence-electron chi connectivity index (χ2n) is 31.2. The van der Waals surface area contributed by atoms with Crippen LogP contribution in [0.3, 0.4) is 0 Å². The zero-order valence-electron chi connectivity index (χ0n) is 67.6. The van der Waals surface area contributed by atoms with Crippen LogP contribution in [0.1, 0.15) is 446 Å². The Kier molecular flexibility index (Phi) is 74.1. The van der Waals surface area contributed by atoms with E-state index in [1.54, 1.807) is 0 Å². The molecular weight excluding hydrogens is 1340 g/mol. The number of esters is 4. The molecule has 0 fully saturated rings. The number of phosphoric ester groups is 2. The molecule has 2 unspecified atom stereocenters. The van der Waals surface area contributed by atoms with E-state index in [4.69, 9.17) is 37.0 Å². The number of carbonyl (C=O) groups excluding carboxylic acids is 4. The van der Waals surface area contributed by atoms with Gasteiger partial charge >= 0.3 is 39.5 Å². The van der Waals surface area contributed by atoms with E-state index in [0.29, 0.717) is 25.7 Å². The summed E-state index contributed by atoms with van der Waals surface area (Å²) in [5.74, 6) is -0.526. The summed E-state index contributed by atoms with van der Waals surface area (Å²) in [6.07, 6.45) is 66.5. The smallest absolute Gasteiger partial charge is 0.462 e. The van der Waals surface area contributed by atoms with Crippen molar-refractivity contribution in [3.63, 3.8) is 0 Å². The Bertz CT molecular complexity index is 1980. The van der Waals surface area contributed by atoms with Gasteiger partial charge in [0.2, 0.25) is 0 Å². The third kappa shape index (κ3) is 78.0. The van der Waals surface area contributed by atoms with Crippen LogP contribution in [0.5, 0.6) is 0 Å². The Morgan fingerprint density at radius 2 is 0.447 bits per heavy atom. The molecule has 0 saturated heterocycles. The first-order valence-corrected chi connectivity index (χ1v) is 46.5. The zero-order valence-corrected chi connectivity index (χ0v) is 69.4. The maximum absolute atomic E-state index is 13.1. The molecule has 0 heterocycles. The maximum Gasteiger partial charge on any atom is 0.472 e. The Balaban J connectivity index is 5.27. The van der Waals surface area contributed by atoms with Gasteiger partial charge in [-0.25, -0.2) is 9.13 Å². The molecule has 0 aromatic carbocycles. The molecule has 0 radical (unpaired) electrons. The van der Waals surface area contributed by atoms with Crippen molar-refractivity contribution in [2.24, 2.45) is 11.8 Å². The molecule has 0 aromatic heterocycles. The Morgan fingerprint density at radius 1 is 0.262 bits per heavy atom. The molecule has 0 bridgehead atoms. The molecule has 3 N–H and O–H groups in total. The highest BCUT2D eigenvalue weighted by Crippen LogP contribution is 2.45. The monoisotopic (exact) mass is 1510 g/mol. The largest absolute Gasteiger partial charge is 0.472 e. The van der Waals surface area contributed by atoms with Gasteiger partial charge < -0.3 is 33.8 Å². The van der Waals surface area contributed by atoms with Crippen molar-refractivity contribution < 1.29 is 80.2 Å². The van der Waals surface area contributed by atoms with Crippen molar-refractivity contribution in [3.8, 4) is 0 Å². The van der Waals surface area contributed by atoms with Crippen LogP contribution < -0.4 is 0 Å². The molecule has 0 aromatic rings. The van der Waals surface area contributed by atoms with Crippen LogP contribution in [0.25, 0.3) is 0 Å². The van der Waals surface area contributed by atoms with Crippen molar-refractivity contribution in [3.05, 3.63) is 0 Å². The topological polar surface area (TPSA) is 237 Å². The lowest BCUT2D eigenvalue weighted by atomic mass is 10.0. The fourth-order valence-corrected chi connectivity index (χ4v) is 14.6. The molecule has 17 nitrogen and oxygen atoms in total. The lowest BCUT2D eigenvalue weighted by Crippen LogP contribution is -2.30. The quantitative estimate of drug-likeness (QED) is 0.0222. The summed E-state index contributed by atoms with van der Waals surface area (Å²) in [6, 6.07) is 0. The molecule has 103 heavy (non-hydrogen) atoms. The molecule has 0 rings (SSSR count). The molecule has 0 amide bonds. The van der Waals surface area contributed by atoms with Gasteiger partial charge in [0.25, 0.3) is 0 Å². The number of phosphoric acid groups is 2. The molecule has 0 aliphatic rings. The number of aliphatic hydroxyl groups is 1. The second-order valence-corrected chi connectivity index (χ2v) is 34.1. The lowest BCUT2D eigenvalue weighted by molar-refractivity contribution is -0.161. The summed E-state index contributed by atoms with van der Waals surface area (Å²) >= 11 is 0. The number of ether oxygens (including phenoxy) is 4.